The molecular formula is C40H25N3O. The van der Waals surface area contributed by atoms with Gasteiger partial charge < -0.3 is 8.98 Å². The molecule has 0 aliphatic carbocycles. The molecule has 0 unspecified atom stereocenters. The molecule has 6 aromatic carbocycles. The molecule has 0 saturated heterocycles. The van der Waals surface area contributed by atoms with E-state index in [0.29, 0.717) is 5.71 Å². The van der Waals surface area contributed by atoms with Gasteiger partial charge in [0.1, 0.15) is 16.8 Å². The molecule has 206 valence electrons. The SMILES string of the molecule is c1ccc(-c2nc3oc4cc(-c5ccc(-n6c7ccccc7c7ccccc76)cc5)ccc4c3nc2-c2ccccc2)cc1. The largest absolute Gasteiger partial charge is 0.436 e. The van der Waals surface area contributed by atoms with Gasteiger partial charge in [0.25, 0.3) is 0 Å². The van der Waals surface area contributed by atoms with Gasteiger partial charge in [-0.15, -0.1) is 0 Å². The summed E-state index contributed by atoms with van der Waals surface area (Å²) in [5, 5.41) is 3.47. The number of para-hydroxylation sites is 2. The number of benzene rings is 6. The van der Waals surface area contributed by atoms with Crippen molar-refractivity contribution in [2.24, 2.45) is 0 Å². The molecule has 9 aromatic rings. The zero-order chi connectivity index (χ0) is 29.0. The predicted octanol–water partition coefficient (Wildman–Crippen LogP) is 10.5. The number of hydrogen-bond acceptors (Lipinski definition) is 3. The second-order valence-corrected chi connectivity index (χ2v) is 11.0. The Labute approximate surface area is 253 Å². The van der Waals surface area contributed by atoms with Crippen LogP contribution in [0.1, 0.15) is 0 Å². The number of nitrogens with zero attached hydrogens (tertiary/aromatic N) is 3. The Morgan fingerprint density at radius 3 is 1.61 bits per heavy atom. The molecule has 0 aliphatic rings. The summed E-state index contributed by atoms with van der Waals surface area (Å²) in [5.41, 5.74) is 11.5. The number of fused-ring (bicyclic) bond motifs is 6. The van der Waals surface area contributed by atoms with Crippen molar-refractivity contribution in [3.8, 4) is 39.3 Å². The Morgan fingerprint density at radius 2 is 0.977 bits per heavy atom. The summed E-state index contributed by atoms with van der Waals surface area (Å²) in [7, 11) is 0. The zero-order valence-corrected chi connectivity index (χ0v) is 23.7. The molecule has 0 amide bonds. The molecule has 0 bridgehead atoms. The van der Waals surface area contributed by atoms with Crippen LogP contribution in [0.5, 0.6) is 0 Å². The molecule has 3 aromatic heterocycles. The molecule has 4 heteroatoms. The maximum atomic E-state index is 6.37. The Kier molecular flexibility index (Phi) is 5.47. The van der Waals surface area contributed by atoms with Crippen molar-refractivity contribution in [1.82, 2.24) is 14.5 Å². The quantitative estimate of drug-likeness (QED) is 0.214. The van der Waals surface area contributed by atoms with E-state index in [1.165, 1.54) is 21.8 Å². The normalized spacial score (nSPS) is 11.6. The Bertz CT molecular complexity index is 2420. The average Bonchev–Trinajstić information content (AvgIpc) is 3.63. The van der Waals surface area contributed by atoms with Gasteiger partial charge in [0.15, 0.2) is 0 Å². The Hall–Kier alpha value is -6.00. The van der Waals surface area contributed by atoms with Crippen LogP contribution in [-0.2, 0) is 0 Å². The summed E-state index contributed by atoms with van der Waals surface area (Å²) in [6.07, 6.45) is 0. The number of aromatic nitrogens is 3. The minimum absolute atomic E-state index is 0.539. The number of furan rings is 1. The summed E-state index contributed by atoms with van der Waals surface area (Å²) in [4.78, 5) is 10.2. The highest BCUT2D eigenvalue weighted by Gasteiger charge is 2.18. The molecule has 0 atom stereocenters. The third-order valence-corrected chi connectivity index (χ3v) is 8.44. The van der Waals surface area contributed by atoms with Crippen molar-refractivity contribution < 1.29 is 4.42 Å². The smallest absolute Gasteiger partial charge is 0.246 e. The second-order valence-electron chi connectivity index (χ2n) is 11.0. The van der Waals surface area contributed by atoms with Gasteiger partial charge in [-0.2, -0.15) is 0 Å². The fourth-order valence-electron chi connectivity index (χ4n) is 6.35. The van der Waals surface area contributed by atoms with Crippen LogP contribution in [-0.4, -0.2) is 14.5 Å². The van der Waals surface area contributed by atoms with Gasteiger partial charge >= 0.3 is 0 Å². The highest BCUT2D eigenvalue weighted by atomic mass is 16.3. The van der Waals surface area contributed by atoms with Crippen LogP contribution >= 0.6 is 0 Å². The topological polar surface area (TPSA) is 43.9 Å². The molecular weight excluding hydrogens is 538 g/mol. The summed E-state index contributed by atoms with van der Waals surface area (Å²) in [6.45, 7) is 0. The molecule has 9 rings (SSSR count). The Morgan fingerprint density at radius 1 is 0.432 bits per heavy atom. The van der Waals surface area contributed by atoms with Crippen molar-refractivity contribution in [1.29, 1.82) is 0 Å². The molecule has 3 heterocycles. The average molecular weight is 564 g/mol. The van der Waals surface area contributed by atoms with E-state index in [2.05, 4.69) is 120 Å². The monoisotopic (exact) mass is 563 g/mol. The minimum atomic E-state index is 0.539. The first-order chi connectivity index (χ1) is 21.8. The van der Waals surface area contributed by atoms with E-state index in [9.17, 15) is 0 Å². The van der Waals surface area contributed by atoms with Crippen molar-refractivity contribution >= 4 is 44.0 Å². The van der Waals surface area contributed by atoms with Gasteiger partial charge in [0.05, 0.1) is 16.7 Å². The fraction of sp³-hybridized carbons (Fsp3) is 0. The second kappa shape index (κ2) is 9.79. The molecule has 0 saturated carbocycles. The zero-order valence-electron chi connectivity index (χ0n) is 23.7. The fourth-order valence-corrected chi connectivity index (χ4v) is 6.35. The number of hydrogen-bond donors (Lipinski definition) is 0. The summed E-state index contributed by atoms with van der Waals surface area (Å²) in [5.74, 6) is 0. The van der Waals surface area contributed by atoms with E-state index < -0.39 is 0 Å². The van der Waals surface area contributed by atoms with Crippen LogP contribution in [0, 0.1) is 0 Å². The van der Waals surface area contributed by atoms with Crippen LogP contribution in [0.25, 0.3) is 83.3 Å². The van der Waals surface area contributed by atoms with E-state index >= 15 is 0 Å². The Balaban J connectivity index is 1.15. The lowest BCUT2D eigenvalue weighted by Gasteiger charge is -2.09. The molecule has 4 nitrogen and oxygen atoms in total. The third-order valence-electron chi connectivity index (χ3n) is 8.44. The molecule has 0 aliphatic heterocycles. The summed E-state index contributed by atoms with van der Waals surface area (Å²) in [6, 6.07) is 52.7. The van der Waals surface area contributed by atoms with Crippen molar-refractivity contribution in [2.75, 3.05) is 0 Å². The van der Waals surface area contributed by atoms with Crippen LogP contribution in [0.15, 0.2) is 156 Å². The third kappa shape index (κ3) is 3.85. The van der Waals surface area contributed by atoms with E-state index in [1.807, 2.05) is 36.4 Å². The lowest BCUT2D eigenvalue weighted by atomic mass is 10.0. The number of rotatable bonds is 4. The maximum Gasteiger partial charge on any atom is 0.246 e. The van der Waals surface area contributed by atoms with E-state index in [4.69, 9.17) is 14.4 Å². The van der Waals surface area contributed by atoms with E-state index in [0.717, 1.165) is 55.8 Å². The van der Waals surface area contributed by atoms with Gasteiger partial charge in [0.2, 0.25) is 5.71 Å². The van der Waals surface area contributed by atoms with Gasteiger partial charge in [-0.1, -0.05) is 115 Å². The van der Waals surface area contributed by atoms with Crippen LogP contribution in [0.3, 0.4) is 0 Å². The van der Waals surface area contributed by atoms with Gasteiger partial charge in [-0.05, 0) is 47.5 Å². The maximum absolute atomic E-state index is 6.37. The molecule has 44 heavy (non-hydrogen) atoms. The minimum Gasteiger partial charge on any atom is -0.436 e. The summed E-state index contributed by atoms with van der Waals surface area (Å²) < 4.78 is 8.71. The molecule has 0 spiro atoms. The first kappa shape index (κ1) is 24.6. The van der Waals surface area contributed by atoms with Crippen molar-refractivity contribution in [3.63, 3.8) is 0 Å². The summed E-state index contributed by atoms with van der Waals surface area (Å²) >= 11 is 0. The van der Waals surface area contributed by atoms with E-state index in [1.54, 1.807) is 0 Å². The van der Waals surface area contributed by atoms with Gasteiger partial charge in [-0.25, -0.2) is 9.97 Å². The first-order valence-electron chi connectivity index (χ1n) is 14.8. The van der Waals surface area contributed by atoms with Crippen LogP contribution in [0.2, 0.25) is 0 Å². The van der Waals surface area contributed by atoms with Crippen LogP contribution < -0.4 is 0 Å². The highest BCUT2D eigenvalue weighted by Crippen LogP contribution is 2.37. The lowest BCUT2D eigenvalue weighted by Crippen LogP contribution is -1.94. The standard InChI is InChI=1S/C40H25N3O/c1-3-11-27(12-4-1)37-38(28-13-5-2-6-14-28)42-40-39(41-37)33-24-21-29(25-36(33)44-40)26-19-22-30(23-20-26)43-34-17-9-7-15-31(34)32-16-8-10-18-35(32)43/h1-25H. The highest BCUT2D eigenvalue weighted by molar-refractivity contribution is 6.09. The predicted molar refractivity (Wildman–Crippen MR) is 180 cm³/mol. The van der Waals surface area contributed by atoms with Crippen molar-refractivity contribution in [2.45, 2.75) is 0 Å². The van der Waals surface area contributed by atoms with Crippen LogP contribution in [0.4, 0.5) is 0 Å². The van der Waals surface area contributed by atoms with Gasteiger partial charge in [0, 0.05) is 33.0 Å². The van der Waals surface area contributed by atoms with E-state index in [-0.39, 0.29) is 0 Å². The van der Waals surface area contributed by atoms with Gasteiger partial charge in [-0.3, -0.25) is 0 Å². The first-order valence-corrected chi connectivity index (χ1v) is 14.8. The lowest BCUT2D eigenvalue weighted by molar-refractivity contribution is 0.654. The molecule has 0 N–H and O–H groups in total. The molecule has 0 radical (unpaired) electrons. The van der Waals surface area contributed by atoms with Crippen molar-refractivity contribution in [3.05, 3.63) is 152 Å². The molecule has 0 fully saturated rings.